The molecule has 0 bridgehead atoms. The lowest BCUT2D eigenvalue weighted by Crippen LogP contribution is -2.40. The van der Waals surface area contributed by atoms with Crippen LogP contribution in [0, 0.1) is 11.7 Å². The molecule has 0 aliphatic carbocycles. The summed E-state index contributed by atoms with van der Waals surface area (Å²) in [6.45, 7) is 6.87. The molecule has 2 aliphatic rings. The largest absolute Gasteiger partial charge is 0.450 e. The highest BCUT2D eigenvalue weighted by Gasteiger charge is 2.35. The van der Waals surface area contributed by atoms with Crippen LogP contribution in [-0.2, 0) is 14.3 Å². The molecule has 2 heterocycles. The molecule has 2 saturated heterocycles. The molecule has 2 aliphatic heterocycles. The number of cyclic esters (lactones) is 1. The van der Waals surface area contributed by atoms with Gasteiger partial charge in [0.25, 0.3) is 0 Å². The number of hydrogen-bond acceptors (Lipinski definition) is 6. The number of halogens is 1. The summed E-state index contributed by atoms with van der Waals surface area (Å²) in [5.41, 5.74) is 0.793. The molecule has 1 aromatic carbocycles. The van der Waals surface area contributed by atoms with Gasteiger partial charge >= 0.3 is 12.2 Å². The molecule has 9 nitrogen and oxygen atoms in total. The first-order valence-corrected chi connectivity index (χ1v) is 9.98. The number of nitrogens with one attached hydrogen (secondary N) is 2. The van der Waals surface area contributed by atoms with Crippen molar-refractivity contribution < 1.29 is 28.2 Å². The number of carbonyl (C=O) groups is 3. The summed E-state index contributed by atoms with van der Waals surface area (Å²) in [4.78, 5) is 38.1. The van der Waals surface area contributed by atoms with Gasteiger partial charge in [0.15, 0.2) is 0 Å². The minimum Gasteiger partial charge on any atom is -0.450 e. The van der Waals surface area contributed by atoms with Crippen molar-refractivity contribution in [3.05, 3.63) is 24.0 Å². The molecular weight excluding hydrogens is 395 g/mol. The molecule has 10 heteroatoms. The molecular formula is C20H27FN4O5. The van der Waals surface area contributed by atoms with Crippen LogP contribution in [0.15, 0.2) is 18.2 Å². The smallest absolute Gasteiger partial charge is 0.414 e. The average Bonchev–Trinajstić information content (AvgIpc) is 3.22. The Bertz CT molecular complexity index is 820. The number of nitrogens with zero attached hydrogens (tertiary/aromatic N) is 2. The van der Waals surface area contributed by atoms with E-state index in [2.05, 4.69) is 10.6 Å². The van der Waals surface area contributed by atoms with Crippen LogP contribution in [0.2, 0.25) is 0 Å². The van der Waals surface area contributed by atoms with Crippen molar-refractivity contribution in [2.75, 3.05) is 42.6 Å². The molecule has 0 spiro atoms. The molecule has 0 unspecified atom stereocenters. The average molecular weight is 422 g/mol. The molecule has 1 aromatic rings. The van der Waals surface area contributed by atoms with E-state index < -0.39 is 24.1 Å². The van der Waals surface area contributed by atoms with E-state index in [1.807, 2.05) is 11.8 Å². The molecule has 0 aromatic heterocycles. The molecule has 30 heavy (non-hydrogen) atoms. The molecule has 3 rings (SSSR count). The Balaban J connectivity index is 1.65. The van der Waals surface area contributed by atoms with Gasteiger partial charge in [-0.2, -0.15) is 0 Å². The predicted octanol–water partition coefficient (Wildman–Crippen LogP) is 1.86. The summed E-state index contributed by atoms with van der Waals surface area (Å²) >= 11 is 0. The zero-order valence-electron chi connectivity index (χ0n) is 17.3. The standard InChI is InChI=1S/C20H27FN4O5/c1-4-29-19(27)23-17-11-24(9-12(17)2)18-6-5-14(7-16(18)21)25-10-15(30-20(25)28)8-22-13(3)26/h5-7,12,15,17H,4,8-11H2,1-3H3,(H,22,26)(H,23,27)/t12-,15+,17-/m1/s1. The highest BCUT2D eigenvalue weighted by molar-refractivity contribution is 5.90. The van der Waals surface area contributed by atoms with Crippen molar-refractivity contribution in [3.8, 4) is 0 Å². The maximum Gasteiger partial charge on any atom is 0.414 e. The number of hydrogen-bond donors (Lipinski definition) is 2. The lowest BCUT2D eigenvalue weighted by Gasteiger charge is -2.21. The number of rotatable bonds is 6. The van der Waals surface area contributed by atoms with E-state index in [4.69, 9.17) is 9.47 Å². The second kappa shape index (κ2) is 9.19. The topological polar surface area (TPSA) is 100 Å². The van der Waals surface area contributed by atoms with E-state index >= 15 is 0 Å². The predicted molar refractivity (Wildman–Crippen MR) is 108 cm³/mol. The number of ether oxygens (including phenoxy) is 2. The van der Waals surface area contributed by atoms with E-state index in [9.17, 15) is 18.8 Å². The van der Waals surface area contributed by atoms with Gasteiger partial charge in [0.1, 0.15) is 11.9 Å². The zero-order valence-corrected chi connectivity index (χ0v) is 17.3. The molecule has 164 valence electrons. The maximum absolute atomic E-state index is 14.9. The third kappa shape index (κ3) is 4.92. The monoisotopic (exact) mass is 422 g/mol. The Morgan fingerprint density at radius 2 is 2.07 bits per heavy atom. The van der Waals surface area contributed by atoms with Crippen molar-refractivity contribution in [1.82, 2.24) is 10.6 Å². The van der Waals surface area contributed by atoms with Crippen molar-refractivity contribution >= 4 is 29.5 Å². The molecule has 3 amide bonds. The number of amides is 3. The van der Waals surface area contributed by atoms with Gasteiger partial charge in [0, 0.05) is 20.0 Å². The second-order valence-corrected chi connectivity index (χ2v) is 7.54. The second-order valence-electron chi connectivity index (χ2n) is 7.54. The van der Waals surface area contributed by atoms with Crippen LogP contribution >= 0.6 is 0 Å². The summed E-state index contributed by atoms with van der Waals surface area (Å²) in [6, 6.07) is 4.44. The van der Waals surface area contributed by atoms with E-state index in [1.54, 1.807) is 19.1 Å². The fourth-order valence-electron chi connectivity index (χ4n) is 3.69. The lowest BCUT2D eigenvalue weighted by atomic mass is 10.1. The highest BCUT2D eigenvalue weighted by Crippen LogP contribution is 2.31. The molecule has 3 atom stereocenters. The Kier molecular flexibility index (Phi) is 6.63. The molecule has 0 saturated carbocycles. The fraction of sp³-hybridized carbons (Fsp3) is 0.550. The van der Waals surface area contributed by atoms with Crippen LogP contribution in [0.4, 0.5) is 25.4 Å². The van der Waals surface area contributed by atoms with Crippen LogP contribution in [0.25, 0.3) is 0 Å². The van der Waals surface area contributed by atoms with Crippen LogP contribution in [0.3, 0.4) is 0 Å². The van der Waals surface area contributed by atoms with Crippen molar-refractivity contribution in [2.45, 2.75) is 32.9 Å². The quantitative estimate of drug-likeness (QED) is 0.726. The number of alkyl carbamates (subject to hydrolysis) is 1. The van der Waals surface area contributed by atoms with E-state index in [0.29, 0.717) is 24.5 Å². The number of carbonyl (C=O) groups excluding carboxylic acids is 3. The summed E-state index contributed by atoms with van der Waals surface area (Å²) in [5, 5.41) is 5.42. The minimum atomic E-state index is -0.578. The van der Waals surface area contributed by atoms with E-state index in [1.165, 1.54) is 17.9 Å². The van der Waals surface area contributed by atoms with Gasteiger partial charge in [0.2, 0.25) is 5.91 Å². The van der Waals surface area contributed by atoms with E-state index in [0.717, 1.165) is 0 Å². The zero-order chi connectivity index (χ0) is 21.8. The Morgan fingerprint density at radius 1 is 1.30 bits per heavy atom. The molecule has 2 fully saturated rings. The van der Waals surface area contributed by atoms with Crippen LogP contribution in [0.5, 0.6) is 0 Å². The van der Waals surface area contributed by atoms with Gasteiger partial charge in [-0.15, -0.1) is 0 Å². The Hall–Kier alpha value is -3.04. The Morgan fingerprint density at radius 3 is 2.73 bits per heavy atom. The SMILES string of the molecule is CCOC(=O)N[C@@H]1CN(c2ccc(N3C[C@H](CNC(C)=O)OC3=O)cc2F)C[C@H]1C. The first-order valence-electron chi connectivity index (χ1n) is 9.98. The van der Waals surface area contributed by atoms with Crippen molar-refractivity contribution in [1.29, 1.82) is 0 Å². The van der Waals surface area contributed by atoms with Crippen LogP contribution in [-0.4, -0.2) is 63.0 Å². The summed E-state index contributed by atoms with van der Waals surface area (Å²) < 4.78 is 25.0. The van der Waals surface area contributed by atoms with Gasteiger partial charge in [0.05, 0.1) is 37.1 Å². The normalized spacial score (nSPS) is 23.3. The fourth-order valence-corrected chi connectivity index (χ4v) is 3.69. The van der Waals surface area contributed by atoms with Gasteiger partial charge in [-0.05, 0) is 31.0 Å². The first kappa shape index (κ1) is 21.7. The van der Waals surface area contributed by atoms with Crippen LogP contribution < -0.4 is 20.4 Å². The maximum atomic E-state index is 14.9. The number of anilines is 2. The van der Waals surface area contributed by atoms with Gasteiger partial charge in [-0.1, -0.05) is 6.92 Å². The third-order valence-corrected chi connectivity index (χ3v) is 5.23. The summed E-state index contributed by atoms with van der Waals surface area (Å²) in [5.74, 6) is -0.554. The molecule has 0 radical (unpaired) electrons. The van der Waals surface area contributed by atoms with Crippen molar-refractivity contribution in [3.63, 3.8) is 0 Å². The first-order chi connectivity index (χ1) is 14.3. The molecule has 2 N–H and O–H groups in total. The van der Waals surface area contributed by atoms with E-state index in [-0.39, 0.29) is 37.6 Å². The highest BCUT2D eigenvalue weighted by atomic mass is 19.1. The Labute approximate surface area is 174 Å². The minimum absolute atomic E-state index is 0.122. The van der Waals surface area contributed by atoms with Gasteiger partial charge in [-0.25, -0.2) is 14.0 Å². The third-order valence-electron chi connectivity index (χ3n) is 5.23. The summed E-state index contributed by atoms with van der Waals surface area (Å²) in [6.07, 6.45) is -1.54. The number of benzene rings is 1. The van der Waals surface area contributed by atoms with Crippen LogP contribution in [0.1, 0.15) is 20.8 Å². The van der Waals surface area contributed by atoms with Gasteiger partial charge < -0.3 is 25.0 Å². The lowest BCUT2D eigenvalue weighted by molar-refractivity contribution is -0.119. The van der Waals surface area contributed by atoms with Gasteiger partial charge in [-0.3, -0.25) is 9.69 Å². The summed E-state index contributed by atoms with van der Waals surface area (Å²) in [7, 11) is 0. The van der Waals surface area contributed by atoms with Crippen molar-refractivity contribution in [2.24, 2.45) is 5.92 Å².